The molecule has 6 heteroatoms. The first-order chi connectivity index (χ1) is 13.4. The van der Waals surface area contributed by atoms with Crippen LogP contribution in [0.25, 0.3) is 0 Å². The third kappa shape index (κ3) is 1.97. The van der Waals surface area contributed by atoms with Crippen molar-refractivity contribution >= 4 is 11.7 Å². The van der Waals surface area contributed by atoms with Crippen LogP contribution in [-0.2, 0) is 14.9 Å². The molecule has 1 aliphatic carbocycles. The number of aliphatic hydroxyl groups excluding tert-OH is 1. The lowest BCUT2D eigenvalue weighted by molar-refractivity contribution is -0.933. The van der Waals surface area contributed by atoms with Gasteiger partial charge in [-0.1, -0.05) is 12.1 Å². The number of aliphatic hydroxyl groups is 1. The van der Waals surface area contributed by atoms with E-state index in [4.69, 9.17) is 9.47 Å². The van der Waals surface area contributed by atoms with Crippen molar-refractivity contribution in [2.75, 3.05) is 39.7 Å². The summed E-state index contributed by atoms with van der Waals surface area (Å²) in [7, 11) is 5.46. The number of quaternary nitrogens is 1. The normalized spacial score (nSPS) is 38.4. The highest BCUT2D eigenvalue weighted by molar-refractivity contribution is 5.94. The molecule has 2 fully saturated rings. The monoisotopic (exact) mass is 385 g/mol. The lowest BCUT2D eigenvalue weighted by Gasteiger charge is -2.54. The van der Waals surface area contributed by atoms with Crippen LogP contribution in [0.4, 0.5) is 5.69 Å². The largest absolute Gasteiger partial charge is 0.495 e. The van der Waals surface area contributed by atoms with E-state index in [2.05, 4.69) is 18.4 Å². The van der Waals surface area contributed by atoms with Crippen molar-refractivity contribution in [2.45, 2.75) is 37.3 Å². The fourth-order valence-corrected chi connectivity index (χ4v) is 6.84. The fraction of sp³-hybridized carbons (Fsp3) is 0.591. The maximum absolute atomic E-state index is 13.0. The number of likely N-dealkylation sites (N-methyl/N-ethyl adjacent to an activating group) is 1. The van der Waals surface area contributed by atoms with Crippen molar-refractivity contribution in [3.63, 3.8) is 0 Å². The summed E-state index contributed by atoms with van der Waals surface area (Å²) in [4.78, 5) is 13.0. The number of carbonyl (C=O) groups is 1. The molecule has 1 aromatic carbocycles. The van der Waals surface area contributed by atoms with E-state index in [0.29, 0.717) is 6.04 Å². The van der Waals surface area contributed by atoms with E-state index in [9.17, 15) is 9.90 Å². The van der Waals surface area contributed by atoms with E-state index in [1.54, 1.807) is 7.11 Å². The lowest BCUT2D eigenvalue weighted by Crippen LogP contribution is -2.65. The summed E-state index contributed by atoms with van der Waals surface area (Å²) in [6.07, 6.45) is 1.42. The Morgan fingerprint density at radius 1 is 1.39 bits per heavy atom. The van der Waals surface area contributed by atoms with Crippen LogP contribution in [0, 0.1) is 11.8 Å². The van der Waals surface area contributed by atoms with E-state index in [-0.39, 0.29) is 23.2 Å². The molecule has 28 heavy (non-hydrogen) atoms. The Labute approximate surface area is 165 Å². The summed E-state index contributed by atoms with van der Waals surface area (Å²) in [6, 6.07) is 6.58. The van der Waals surface area contributed by atoms with Crippen molar-refractivity contribution in [1.29, 1.82) is 0 Å². The van der Waals surface area contributed by atoms with Gasteiger partial charge in [-0.3, -0.25) is 0 Å². The minimum Gasteiger partial charge on any atom is -0.495 e. The van der Waals surface area contributed by atoms with Crippen LogP contribution in [0.1, 0.15) is 25.3 Å². The molecule has 0 saturated carbocycles. The third-order valence-corrected chi connectivity index (χ3v) is 8.05. The molecule has 6 atom stereocenters. The van der Waals surface area contributed by atoms with Gasteiger partial charge in [-0.05, 0) is 18.6 Å². The maximum Gasteiger partial charge on any atom is 0.335 e. The van der Waals surface area contributed by atoms with Crippen molar-refractivity contribution in [3.05, 3.63) is 35.0 Å². The van der Waals surface area contributed by atoms with Crippen LogP contribution in [0.15, 0.2) is 29.5 Å². The molecule has 0 amide bonds. The highest BCUT2D eigenvalue weighted by Crippen LogP contribution is 2.64. The van der Waals surface area contributed by atoms with Crippen LogP contribution in [-0.4, -0.2) is 62.1 Å². The average Bonchev–Trinajstić information content (AvgIpc) is 3.20. The van der Waals surface area contributed by atoms with Crippen molar-refractivity contribution < 1.29 is 23.9 Å². The molecule has 3 heterocycles. The second-order valence-electron chi connectivity index (χ2n) is 9.16. The van der Waals surface area contributed by atoms with E-state index in [1.807, 2.05) is 19.1 Å². The summed E-state index contributed by atoms with van der Waals surface area (Å²) < 4.78 is 11.8. The van der Waals surface area contributed by atoms with Gasteiger partial charge in [0.05, 0.1) is 57.1 Å². The first-order valence-corrected chi connectivity index (χ1v) is 10.2. The molecule has 5 rings (SSSR count). The van der Waals surface area contributed by atoms with Crippen molar-refractivity contribution in [2.24, 2.45) is 11.8 Å². The predicted molar refractivity (Wildman–Crippen MR) is 105 cm³/mol. The number of hydrogen-bond acceptors (Lipinski definition) is 5. The van der Waals surface area contributed by atoms with E-state index < -0.39 is 6.10 Å². The number of ether oxygens (including phenoxy) is 2. The Kier molecular flexibility index (Phi) is 3.69. The van der Waals surface area contributed by atoms with Gasteiger partial charge in [0.15, 0.2) is 0 Å². The maximum atomic E-state index is 13.0. The fourth-order valence-electron chi connectivity index (χ4n) is 6.84. The smallest absolute Gasteiger partial charge is 0.335 e. The molecule has 1 spiro atoms. The molecule has 1 unspecified atom stereocenters. The quantitative estimate of drug-likeness (QED) is 0.616. The molecule has 4 aliphatic rings. The molecule has 2 saturated heterocycles. The second kappa shape index (κ2) is 5.74. The Hall–Kier alpha value is -2.05. The predicted octanol–water partition coefficient (Wildman–Crippen LogP) is 2.03. The zero-order chi connectivity index (χ0) is 19.8. The summed E-state index contributed by atoms with van der Waals surface area (Å²) in [5.41, 5.74) is 3.74. The average molecular weight is 385 g/mol. The number of methoxy groups -OCH3 is 2. The van der Waals surface area contributed by atoms with Crippen LogP contribution >= 0.6 is 0 Å². The van der Waals surface area contributed by atoms with E-state index >= 15 is 0 Å². The number of hydrogen-bond donors (Lipinski definition) is 2. The number of rotatable bonds is 3. The van der Waals surface area contributed by atoms with Crippen LogP contribution in [0.2, 0.25) is 0 Å². The van der Waals surface area contributed by atoms with Crippen LogP contribution < -0.4 is 10.1 Å². The molecule has 3 aliphatic heterocycles. The highest BCUT2D eigenvalue weighted by atomic mass is 16.5. The van der Waals surface area contributed by atoms with Crippen LogP contribution in [0.5, 0.6) is 5.75 Å². The van der Waals surface area contributed by atoms with Gasteiger partial charge in [-0.2, -0.15) is 0 Å². The summed E-state index contributed by atoms with van der Waals surface area (Å²) in [5, 5.41) is 14.2. The molecule has 1 aromatic rings. The number of esters is 1. The topological polar surface area (TPSA) is 67.8 Å². The first kappa shape index (κ1) is 18.0. The van der Waals surface area contributed by atoms with Gasteiger partial charge in [0.25, 0.3) is 0 Å². The number of benzene rings is 1. The van der Waals surface area contributed by atoms with Crippen molar-refractivity contribution in [1.82, 2.24) is 0 Å². The van der Waals surface area contributed by atoms with E-state index in [1.165, 1.54) is 12.7 Å². The minimum absolute atomic E-state index is 0.0117. The molecule has 0 radical (unpaired) electrons. The Morgan fingerprint density at radius 3 is 2.86 bits per heavy atom. The Balaban J connectivity index is 1.81. The first-order valence-electron chi connectivity index (χ1n) is 10.2. The molecule has 2 bridgehead atoms. The Morgan fingerprint density at radius 2 is 2.18 bits per heavy atom. The zero-order valence-corrected chi connectivity index (χ0v) is 17.0. The number of nitrogens with one attached hydrogen (secondary N) is 1. The lowest BCUT2D eigenvalue weighted by atomic mass is 9.59. The van der Waals surface area contributed by atoms with Gasteiger partial charge in [0.2, 0.25) is 0 Å². The zero-order valence-electron chi connectivity index (χ0n) is 17.0. The van der Waals surface area contributed by atoms with Gasteiger partial charge in [-0.15, -0.1) is 0 Å². The van der Waals surface area contributed by atoms with Gasteiger partial charge in [0.1, 0.15) is 11.8 Å². The second-order valence-corrected chi connectivity index (χ2v) is 9.16. The third-order valence-electron chi connectivity index (χ3n) is 8.05. The number of para-hydroxylation sites is 1. The number of nitrogens with zero attached hydrogens (tertiary/aromatic N) is 1. The highest BCUT2D eigenvalue weighted by Gasteiger charge is 2.69. The molecule has 150 valence electrons. The molecular weight excluding hydrogens is 356 g/mol. The summed E-state index contributed by atoms with van der Waals surface area (Å²) in [6.45, 7) is 3.78. The Bertz CT molecular complexity index is 895. The van der Waals surface area contributed by atoms with Gasteiger partial charge in [0, 0.05) is 30.4 Å². The standard InChI is InChI=1S/C22H28N2O4/c1-12(25)14-11-24(2)9-8-22-15-6-5-7-16(27-3)19(15)23-20(22)18(21(26)28-4)13(14)10-17(22)24/h5-7,12-14,17,25H,8-11H2,1-4H3/p+1/t12-,13-,14-,17-,22+,24?/m0/s1. The summed E-state index contributed by atoms with van der Waals surface area (Å²) >= 11 is 0. The SMILES string of the molecule is COC(=O)C1=C2Nc3c(OC)cccc3[C@@]23CC[N+]2(C)C[C@@H]([C@H](C)O)[C@@H]1C[C@@H]32. The van der Waals surface area contributed by atoms with Gasteiger partial charge in [-0.25, -0.2) is 4.79 Å². The number of carbonyl (C=O) groups excluding carboxylic acids is 1. The van der Waals surface area contributed by atoms with E-state index in [0.717, 1.165) is 53.1 Å². The molecule has 6 nitrogen and oxygen atoms in total. The molecular formula is C22H29N2O4+. The minimum atomic E-state index is -0.465. The van der Waals surface area contributed by atoms with Gasteiger partial charge < -0.3 is 24.4 Å². The summed E-state index contributed by atoms with van der Waals surface area (Å²) in [5.74, 6) is 0.593. The number of fused-ring (bicyclic) bond motifs is 2. The number of piperidine rings is 1. The molecule has 0 aromatic heterocycles. The molecule has 2 N–H and O–H groups in total. The van der Waals surface area contributed by atoms with Crippen molar-refractivity contribution in [3.8, 4) is 5.75 Å². The number of anilines is 1. The van der Waals surface area contributed by atoms with Crippen LogP contribution in [0.3, 0.4) is 0 Å². The van der Waals surface area contributed by atoms with Gasteiger partial charge >= 0.3 is 5.97 Å².